The van der Waals surface area contributed by atoms with Crippen LogP contribution in [0, 0.1) is 0 Å². The number of rotatable bonds is 4. The first-order valence-corrected chi connectivity index (χ1v) is 5.77. The number of aromatic amines is 1. The maximum Gasteiger partial charge on any atom is 0.341 e. The molecule has 0 saturated heterocycles. The number of nitrogens with two attached hydrogens (primary N) is 1. The van der Waals surface area contributed by atoms with E-state index in [2.05, 4.69) is 10.1 Å². The lowest BCUT2D eigenvalue weighted by Crippen LogP contribution is -2.23. The summed E-state index contributed by atoms with van der Waals surface area (Å²) >= 11 is 0. The number of amides is 1. The van der Waals surface area contributed by atoms with Crippen LogP contribution in [0.3, 0.4) is 0 Å². The Hall–Kier alpha value is -2.90. The van der Waals surface area contributed by atoms with Gasteiger partial charge in [-0.15, -0.1) is 0 Å². The van der Waals surface area contributed by atoms with Gasteiger partial charge in [0.2, 0.25) is 0 Å². The van der Waals surface area contributed by atoms with E-state index >= 15 is 0 Å². The number of hydrogen-bond acceptors (Lipinski definition) is 5. The number of aromatic nitrogens is 3. The molecule has 0 unspecified atom stereocenters. The smallest absolute Gasteiger partial charge is 0.341 e. The minimum atomic E-state index is -0.842. The molecule has 2 heterocycles. The van der Waals surface area contributed by atoms with Crippen molar-refractivity contribution in [2.24, 2.45) is 5.73 Å². The van der Waals surface area contributed by atoms with Crippen molar-refractivity contribution in [2.45, 2.75) is 6.92 Å². The van der Waals surface area contributed by atoms with Gasteiger partial charge in [-0.05, 0) is 13.0 Å². The van der Waals surface area contributed by atoms with E-state index in [1.165, 1.54) is 29.3 Å². The molecular weight excluding hydrogens is 264 g/mol. The molecule has 2 rings (SSSR count). The maximum absolute atomic E-state index is 11.5. The number of carbonyl (C=O) groups is 2. The van der Waals surface area contributed by atoms with E-state index in [0.29, 0.717) is 5.69 Å². The summed E-state index contributed by atoms with van der Waals surface area (Å²) in [5, 5.41) is 3.96. The van der Waals surface area contributed by atoms with E-state index in [1.54, 1.807) is 6.92 Å². The highest BCUT2D eigenvalue weighted by atomic mass is 16.5. The number of carbonyl (C=O) groups excluding carboxylic acids is 2. The molecule has 0 aliphatic carbocycles. The number of hydrogen-bond donors (Lipinski definition) is 2. The van der Waals surface area contributed by atoms with Crippen LogP contribution in [0.25, 0.3) is 5.69 Å². The van der Waals surface area contributed by atoms with Crippen molar-refractivity contribution >= 4 is 11.9 Å². The number of H-pyrrole nitrogens is 1. The van der Waals surface area contributed by atoms with Gasteiger partial charge in [0.1, 0.15) is 5.56 Å². The second kappa shape index (κ2) is 5.39. The quantitative estimate of drug-likeness (QED) is 0.751. The summed E-state index contributed by atoms with van der Waals surface area (Å²) in [6, 6.07) is 1.29. The molecule has 0 aliphatic heterocycles. The summed E-state index contributed by atoms with van der Waals surface area (Å²) < 4.78 is 6.16. The van der Waals surface area contributed by atoms with E-state index < -0.39 is 17.4 Å². The summed E-state index contributed by atoms with van der Waals surface area (Å²) in [5.41, 5.74) is 4.98. The number of primary amides is 1. The van der Waals surface area contributed by atoms with Crippen LogP contribution in [0.5, 0.6) is 0 Å². The molecule has 1 amide bonds. The van der Waals surface area contributed by atoms with Crippen LogP contribution in [0.4, 0.5) is 0 Å². The second-order valence-corrected chi connectivity index (χ2v) is 3.86. The number of ether oxygens (including phenoxy) is 1. The zero-order valence-corrected chi connectivity index (χ0v) is 10.6. The Bertz CT molecular complexity index is 716. The van der Waals surface area contributed by atoms with Crippen LogP contribution < -0.4 is 11.3 Å². The Labute approximate surface area is 113 Å². The third-order valence-electron chi connectivity index (χ3n) is 2.51. The van der Waals surface area contributed by atoms with Gasteiger partial charge in [-0.2, -0.15) is 5.10 Å². The van der Waals surface area contributed by atoms with Crippen LogP contribution in [0.2, 0.25) is 0 Å². The molecule has 104 valence electrons. The van der Waals surface area contributed by atoms with Crippen molar-refractivity contribution in [3.8, 4) is 5.69 Å². The Balaban J connectivity index is 2.38. The molecule has 8 heteroatoms. The average molecular weight is 276 g/mol. The SMILES string of the molecule is CCOC(=O)c1cnn(-c2c[nH]c(=O)c(C(N)=O)c2)c1. The van der Waals surface area contributed by atoms with Gasteiger partial charge >= 0.3 is 5.97 Å². The first kappa shape index (κ1) is 13.5. The van der Waals surface area contributed by atoms with Crippen LogP contribution in [-0.2, 0) is 4.74 Å². The molecule has 0 aromatic carbocycles. The molecular formula is C12H12N4O4. The third kappa shape index (κ3) is 2.58. The molecule has 2 aromatic heterocycles. The minimum Gasteiger partial charge on any atom is -0.462 e. The van der Waals surface area contributed by atoms with Crippen LogP contribution in [0.15, 0.2) is 29.5 Å². The second-order valence-electron chi connectivity index (χ2n) is 3.86. The van der Waals surface area contributed by atoms with Gasteiger partial charge in [0, 0.05) is 12.4 Å². The van der Waals surface area contributed by atoms with E-state index in [4.69, 9.17) is 10.5 Å². The van der Waals surface area contributed by atoms with Crippen molar-refractivity contribution in [1.29, 1.82) is 0 Å². The first-order valence-electron chi connectivity index (χ1n) is 5.77. The fourth-order valence-electron chi connectivity index (χ4n) is 1.57. The Morgan fingerprint density at radius 2 is 2.25 bits per heavy atom. The van der Waals surface area contributed by atoms with Gasteiger partial charge in [0.25, 0.3) is 11.5 Å². The van der Waals surface area contributed by atoms with Gasteiger partial charge in [0.05, 0.1) is 24.1 Å². The van der Waals surface area contributed by atoms with Gasteiger partial charge in [-0.1, -0.05) is 0 Å². The van der Waals surface area contributed by atoms with Crippen molar-refractivity contribution in [2.75, 3.05) is 6.61 Å². The summed E-state index contributed by atoms with van der Waals surface area (Å²) in [6.45, 7) is 1.96. The molecule has 0 atom stereocenters. The van der Waals surface area contributed by atoms with E-state index in [-0.39, 0.29) is 17.7 Å². The van der Waals surface area contributed by atoms with E-state index in [9.17, 15) is 14.4 Å². The normalized spacial score (nSPS) is 10.2. The monoisotopic (exact) mass is 276 g/mol. The van der Waals surface area contributed by atoms with Crippen LogP contribution in [0.1, 0.15) is 27.6 Å². The van der Waals surface area contributed by atoms with Crippen LogP contribution in [-0.4, -0.2) is 33.2 Å². The molecule has 20 heavy (non-hydrogen) atoms. The molecule has 0 radical (unpaired) electrons. The Morgan fingerprint density at radius 3 is 2.90 bits per heavy atom. The molecule has 0 aliphatic rings. The molecule has 8 nitrogen and oxygen atoms in total. The Morgan fingerprint density at radius 1 is 1.50 bits per heavy atom. The summed E-state index contributed by atoms with van der Waals surface area (Å²) in [4.78, 5) is 36.4. The largest absolute Gasteiger partial charge is 0.462 e. The van der Waals surface area contributed by atoms with Gasteiger partial charge in [-0.25, -0.2) is 9.48 Å². The van der Waals surface area contributed by atoms with E-state index in [0.717, 1.165) is 0 Å². The zero-order valence-electron chi connectivity index (χ0n) is 10.6. The summed E-state index contributed by atoms with van der Waals surface area (Å²) in [7, 11) is 0. The molecule has 0 saturated carbocycles. The highest BCUT2D eigenvalue weighted by Crippen LogP contribution is 2.08. The van der Waals surface area contributed by atoms with Crippen LogP contribution >= 0.6 is 0 Å². The Kier molecular flexibility index (Phi) is 3.65. The van der Waals surface area contributed by atoms with Crippen molar-refractivity contribution in [3.63, 3.8) is 0 Å². The fraction of sp³-hybridized carbons (Fsp3) is 0.167. The highest BCUT2D eigenvalue weighted by Gasteiger charge is 2.12. The summed E-state index contributed by atoms with van der Waals surface area (Å²) in [5.74, 6) is -1.34. The molecule has 0 fully saturated rings. The van der Waals surface area contributed by atoms with Crippen molar-refractivity contribution < 1.29 is 14.3 Å². The van der Waals surface area contributed by atoms with Crippen molar-refractivity contribution in [1.82, 2.24) is 14.8 Å². The van der Waals surface area contributed by atoms with Gasteiger partial charge < -0.3 is 15.5 Å². The topological polar surface area (TPSA) is 120 Å². The number of nitrogens with zero attached hydrogens (tertiary/aromatic N) is 2. The molecule has 2 aromatic rings. The molecule has 0 spiro atoms. The van der Waals surface area contributed by atoms with Gasteiger partial charge in [0.15, 0.2) is 0 Å². The minimum absolute atomic E-state index is 0.185. The molecule has 3 N–H and O–H groups in total. The third-order valence-corrected chi connectivity index (χ3v) is 2.51. The van der Waals surface area contributed by atoms with E-state index in [1.807, 2.05) is 0 Å². The zero-order chi connectivity index (χ0) is 14.7. The predicted octanol–water partition coefficient (Wildman–Crippen LogP) is -0.164. The lowest BCUT2D eigenvalue weighted by molar-refractivity contribution is 0.0526. The highest BCUT2D eigenvalue weighted by molar-refractivity contribution is 5.93. The number of pyridine rings is 1. The number of esters is 1. The average Bonchev–Trinajstić information content (AvgIpc) is 2.89. The fourth-order valence-corrected chi connectivity index (χ4v) is 1.57. The molecule has 0 bridgehead atoms. The number of nitrogens with one attached hydrogen (secondary N) is 1. The first-order chi connectivity index (χ1) is 9.52. The maximum atomic E-state index is 11.5. The standard InChI is InChI=1S/C12H12N4O4/c1-2-20-12(19)7-4-15-16(6-7)8-3-9(10(13)17)11(18)14-5-8/h3-6H,2H2,1H3,(H2,13,17)(H,14,18). The van der Waals surface area contributed by atoms with Crippen molar-refractivity contribution in [3.05, 3.63) is 46.1 Å². The van der Waals surface area contributed by atoms with Gasteiger partial charge in [-0.3, -0.25) is 9.59 Å². The lowest BCUT2D eigenvalue weighted by atomic mass is 10.2. The lowest BCUT2D eigenvalue weighted by Gasteiger charge is -2.02. The summed E-state index contributed by atoms with van der Waals surface area (Å²) in [6.07, 6.45) is 4.11. The predicted molar refractivity (Wildman–Crippen MR) is 68.7 cm³/mol.